The molecule has 0 aliphatic heterocycles. The smallest absolute Gasteiger partial charge is 0.243 e. The second kappa shape index (κ2) is 7.60. The maximum Gasteiger partial charge on any atom is 0.243 e. The molecule has 1 aliphatic rings. The molecule has 0 aromatic heterocycles. The first-order chi connectivity index (χ1) is 12.4. The van der Waals surface area contributed by atoms with Gasteiger partial charge in [0.2, 0.25) is 15.9 Å². The monoisotopic (exact) mass is 372 g/mol. The summed E-state index contributed by atoms with van der Waals surface area (Å²) in [6, 6.07) is 14.3. The van der Waals surface area contributed by atoms with E-state index in [0.29, 0.717) is 0 Å². The number of rotatable bonds is 6. The van der Waals surface area contributed by atoms with Crippen LogP contribution in [0.4, 0.5) is 0 Å². The molecule has 0 radical (unpaired) electrons. The van der Waals surface area contributed by atoms with E-state index in [1.165, 1.54) is 36.7 Å². The minimum absolute atomic E-state index is 0.166. The Morgan fingerprint density at radius 2 is 1.81 bits per heavy atom. The van der Waals surface area contributed by atoms with Gasteiger partial charge in [-0.05, 0) is 55.0 Å². The molecule has 0 spiro atoms. The van der Waals surface area contributed by atoms with Crippen molar-refractivity contribution in [3.8, 4) is 0 Å². The third kappa shape index (κ3) is 3.97. The molecule has 3 rings (SSSR count). The quantitative estimate of drug-likeness (QED) is 0.848. The third-order valence-corrected chi connectivity index (χ3v) is 6.64. The molecular formula is C20H24N2O3S. The zero-order chi connectivity index (χ0) is 18.7. The maximum absolute atomic E-state index is 12.5. The number of hydrogen-bond donors (Lipinski definition) is 1. The van der Waals surface area contributed by atoms with Gasteiger partial charge < -0.3 is 5.32 Å². The summed E-state index contributed by atoms with van der Waals surface area (Å²) in [6.45, 7) is 1.70. The molecule has 0 fully saturated rings. The summed E-state index contributed by atoms with van der Waals surface area (Å²) in [4.78, 5) is 12.5. The Kier molecular flexibility index (Phi) is 5.44. The molecule has 1 atom stereocenters. The second-order valence-electron chi connectivity index (χ2n) is 6.75. The number of likely N-dealkylation sites (N-methyl/N-ethyl adjacent to an activating group) is 1. The largest absolute Gasteiger partial charge is 0.348 e. The molecule has 2 aromatic carbocycles. The van der Waals surface area contributed by atoms with Crippen molar-refractivity contribution in [3.63, 3.8) is 0 Å². The minimum atomic E-state index is -3.67. The fraction of sp³-hybridized carbons (Fsp3) is 0.350. The van der Waals surface area contributed by atoms with Gasteiger partial charge in [-0.15, -0.1) is 0 Å². The first-order valence-electron chi connectivity index (χ1n) is 8.80. The lowest BCUT2D eigenvalue weighted by Crippen LogP contribution is -2.39. The fourth-order valence-electron chi connectivity index (χ4n) is 3.29. The zero-order valence-corrected chi connectivity index (χ0v) is 15.9. The Labute approximate surface area is 155 Å². The standard InChI is InChI=1S/C20H24N2O3S/c1-15(17-12-11-16-7-6-8-18(16)13-17)21-20(23)14-22(2)26(24,25)19-9-4-3-5-10-19/h3-5,9-13,15H,6-8,14H2,1-2H3,(H,21,23)/t15-/m1/s1. The average molecular weight is 372 g/mol. The molecule has 1 N–H and O–H groups in total. The van der Waals surface area contributed by atoms with Gasteiger partial charge in [0.25, 0.3) is 0 Å². The van der Waals surface area contributed by atoms with Crippen LogP contribution in [0.15, 0.2) is 53.4 Å². The summed E-state index contributed by atoms with van der Waals surface area (Å²) in [5.41, 5.74) is 3.79. The molecule has 0 unspecified atom stereocenters. The van der Waals surface area contributed by atoms with Gasteiger partial charge in [0.15, 0.2) is 0 Å². The number of carbonyl (C=O) groups is 1. The number of sulfonamides is 1. The summed E-state index contributed by atoms with van der Waals surface area (Å²) < 4.78 is 26.1. The number of amides is 1. The van der Waals surface area contributed by atoms with Gasteiger partial charge in [0.1, 0.15) is 0 Å². The lowest BCUT2D eigenvalue weighted by Gasteiger charge is -2.20. The van der Waals surface area contributed by atoms with Crippen LogP contribution in [-0.2, 0) is 27.7 Å². The van der Waals surface area contributed by atoms with Gasteiger partial charge in [0, 0.05) is 7.05 Å². The van der Waals surface area contributed by atoms with Gasteiger partial charge in [-0.25, -0.2) is 8.42 Å². The highest BCUT2D eigenvalue weighted by atomic mass is 32.2. The van der Waals surface area contributed by atoms with Crippen molar-refractivity contribution in [1.82, 2.24) is 9.62 Å². The van der Waals surface area contributed by atoms with Crippen LogP contribution in [0.1, 0.15) is 36.1 Å². The second-order valence-corrected chi connectivity index (χ2v) is 8.79. The topological polar surface area (TPSA) is 66.5 Å². The number of fused-ring (bicyclic) bond motifs is 1. The molecule has 0 saturated carbocycles. The van der Waals surface area contributed by atoms with Gasteiger partial charge in [-0.2, -0.15) is 4.31 Å². The van der Waals surface area contributed by atoms with Crippen molar-refractivity contribution < 1.29 is 13.2 Å². The molecule has 138 valence electrons. The van der Waals surface area contributed by atoms with Crippen LogP contribution in [0, 0.1) is 0 Å². The Morgan fingerprint density at radius 1 is 1.12 bits per heavy atom. The zero-order valence-electron chi connectivity index (χ0n) is 15.1. The van der Waals surface area contributed by atoms with E-state index in [4.69, 9.17) is 0 Å². The van der Waals surface area contributed by atoms with Gasteiger partial charge in [0.05, 0.1) is 17.5 Å². The van der Waals surface area contributed by atoms with Crippen molar-refractivity contribution in [1.29, 1.82) is 0 Å². The highest BCUT2D eigenvalue weighted by Gasteiger charge is 2.23. The van der Waals surface area contributed by atoms with Gasteiger partial charge >= 0.3 is 0 Å². The molecule has 1 aliphatic carbocycles. The predicted octanol–water partition coefficient (Wildman–Crippen LogP) is 2.67. The third-order valence-electron chi connectivity index (χ3n) is 4.82. The van der Waals surface area contributed by atoms with Crippen LogP contribution in [0.3, 0.4) is 0 Å². The van der Waals surface area contributed by atoms with Crippen LogP contribution in [-0.4, -0.2) is 32.2 Å². The van der Waals surface area contributed by atoms with Gasteiger partial charge in [-0.3, -0.25) is 4.79 Å². The predicted molar refractivity (Wildman–Crippen MR) is 101 cm³/mol. The Bertz CT molecular complexity index is 895. The number of carbonyl (C=O) groups excluding carboxylic acids is 1. The van der Waals surface area contributed by atoms with E-state index in [2.05, 4.69) is 17.4 Å². The summed E-state index contributed by atoms with van der Waals surface area (Å²) in [7, 11) is -2.25. The molecule has 2 aromatic rings. The lowest BCUT2D eigenvalue weighted by atomic mass is 10.0. The molecule has 26 heavy (non-hydrogen) atoms. The Morgan fingerprint density at radius 3 is 2.54 bits per heavy atom. The van der Waals surface area contributed by atoms with Crippen molar-refractivity contribution >= 4 is 15.9 Å². The van der Waals surface area contributed by atoms with Crippen molar-refractivity contribution in [2.45, 2.75) is 37.1 Å². The van der Waals surface area contributed by atoms with Crippen LogP contribution < -0.4 is 5.32 Å². The SMILES string of the molecule is C[C@@H](NC(=O)CN(C)S(=O)(=O)c1ccccc1)c1ccc2c(c1)CCC2. The van der Waals surface area contributed by atoms with Crippen LogP contribution in [0.2, 0.25) is 0 Å². The highest BCUT2D eigenvalue weighted by Crippen LogP contribution is 2.25. The summed E-state index contributed by atoms with van der Waals surface area (Å²) >= 11 is 0. The number of nitrogens with zero attached hydrogens (tertiary/aromatic N) is 1. The molecule has 5 nitrogen and oxygen atoms in total. The maximum atomic E-state index is 12.5. The molecule has 0 bridgehead atoms. The fourth-order valence-corrected chi connectivity index (χ4v) is 4.44. The van der Waals surface area contributed by atoms with Crippen molar-refractivity contribution in [2.24, 2.45) is 0 Å². The number of nitrogens with one attached hydrogen (secondary N) is 1. The average Bonchev–Trinajstić information content (AvgIpc) is 3.09. The van der Waals surface area contributed by atoms with E-state index < -0.39 is 10.0 Å². The van der Waals surface area contributed by atoms with Crippen molar-refractivity contribution in [3.05, 3.63) is 65.2 Å². The van der Waals surface area contributed by atoms with Gasteiger partial charge in [-0.1, -0.05) is 36.4 Å². The van der Waals surface area contributed by atoms with Crippen LogP contribution >= 0.6 is 0 Å². The minimum Gasteiger partial charge on any atom is -0.348 e. The molecule has 1 amide bonds. The first kappa shape index (κ1) is 18.6. The number of benzene rings is 2. The summed E-state index contributed by atoms with van der Waals surface area (Å²) in [5.74, 6) is -0.319. The van der Waals surface area contributed by atoms with E-state index in [1.54, 1.807) is 18.2 Å². The van der Waals surface area contributed by atoms with E-state index in [9.17, 15) is 13.2 Å². The van der Waals surface area contributed by atoms with E-state index in [-0.39, 0.29) is 23.4 Å². The molecule has 0 heterocycles. The number of hydrogen-bond acceptors (Lipinski definition) is 3. The Balaban J connectivity index is 1.63. The molecule has 6 heteroatoms. The summed E-state index contributed by atoms with van der Waals surface area (Å²) in [5, 5.41) is 2.90. The number of aryl methyl sites for hydroxylation is 2. The molecular weight excluding hydrogens is 348 g/mol. The van der Waals surface area contributed by atoms with E-state index in [1.807, 2.05) is 13.0 Å². The lowest BCUT2D eigenvalue weighted by molar-refractivity contribution is -0.121. The normalized spacial score (nSPS) is 14.9. The Hall–Kier alpha value is -2.18. The van der Waals surface area contributed by atoms with Crippen molar-refractivity contribution in [2.75, 3.05) is 13.6 Å². The summed E-state index contributed by atoms with van der Waals surface area (Å²) in [6.07, 6.45) is 3.39. The highest BCUT2D eigenvalue weighted by molar-refractivity contribution is 7.89. The van der Waals surface area contributed by atoms with E-state index >= 15 is 0 Å². The van der Waals surface area contributed by atoms with Crippen LogP contribution in [0.5, 0.6) is 0 Å². The van der Waals surface area contributed by atoms with Crippen LogP contribution in [0.25, 0.3) is 0 Å². The molecule has 0 saturated heterocycles. The van der Waals surface area contributed by atoms with E-state index in [0.717, 1.165) is 22.7 Å². The first-order valence-corrected chi connectivity index (χ1v) is 10.2.